The number of benzene rings is 2. The molecular formula is C25H33NO5. The summed E-state index contributed by atoms with van der Waals surface area (Å²) in [4.78, 5) is 16.5. The molecule has 6 heteroatoms. The first-order valence-corrected chi connectivity index (χ1v) is 10.9. The van der Waals surface area contributed by atoms with E-state index in [9.17, 15) is 4.79 Å². The maximum Gasteiger partial charge on any atom is 0.338 e. The van der Waals surface area contributed by atoms with Gasteiger partial charge in [0.2, 0.25) is 0 Å². The van der Waals surface area contributed by atoms with Crippen LogP contribution in [-0.4, -0.2) is 51.8 Å². The van der Waals surface area contributed by atoms with Crippen LogP contribution >= 0.6 is 0 Å². The summed E-state index contributed by atoms with van der Waals surface area (Å²) in [7, 11) is 0. The Morgan fingerprint density at radius 3 is 2.26 bits per heavy atom. The predicted octanol–water partition coefficient (Wildman–Crippen LogP) is 5.22. The van der Waals surface area contributed by atoms with Gasteiger partial charge in [0.05, 0.1) is 37.7 Å². The Balaban J connectivity index is 1.73. The van der Waals surface area contributed by atoms with E-state index in [0.717, 1.165) is 30.0 Å². The van der Waals surface area contributed by atoms with Crippen molar-refractivity contribution in [3.05, 3.63) is 59.7 Å². The van der Waals surface area contributed by atoms with Crippen LogP contribution in [0.5, 0.6) is 5.75 Å². The molecule has 0 N–H and O–H groups in total. The molecule has 0 aliphatic heterocycles. The van der Waals surface area contributed by atoms with Crippen molar-refractivity contribution >= 4 is 17.9 Å². The van der Waals surface area contributed by atoms with E-state index in [-0.39, 0.29) is 12.6 Å². The summed E-state index contributed by atoms with van der Waals surface area (Å²) in [5, 5.41) is 0. The molecule has 168 valence electrons. The van der Waals surface area contributed by atoms with Crippen LogP contribution in [-0.2, 0) is 14.2 Å². The van der Waals surface area contributed by atoms with Crippen LogP contribution in [0.1, 0.15) is 49.0 Å². The Morgan fingerprint density at radius 2 is 1.55 bits per heavy atom. The molecule has 2 rings (SSSR count). The van der Waals surface area contributed by atoms with E-state index in [4.69, 9.17) is 18.9 Å². The normalized spacial score (nSPS) is 11.0. The lowest BCUT2D eigenvalue weighted by Crippen LogP contribution is -2.13. The summed E-state index contributed by atoms with van der Waals surface area (Å²) >= 11 is 0. The summed E-state index contributed by atoms with van der Waals surface area (Å²) < 4.78 is 21.4. The topological polar surface area (TPSA) is 66.4 Å². The lowest BCUT2D eigenvalue weighted by molar-refractivity contribution is 0.0164. The van der Waals surface area contributed by atoms with Gasteiger partial charge in [0, 0.05) is 12.8 Å². The van der Waals surface area contributed by atoms with Crippen LogP contribution in [0.4, 0.5) is 5.69 Å². The lowest BCUT2D eigenvalue weighted by Gasteiger charge is -2.06. The van der Waals surface area contributed by atoms with E-state index in [1.807, 2.05) is 43.3 Å². The highest BCUT2D eigenvalue weighted by atomic mass is 16.6. The van der Waals surface area contributed by atoms with E-state index in [0.29, 0.717) is 32.0 Å². The van der Waals surface area contributed by atoms with Gasteiger partial charge >= 0.3 is 5.97 Å². The minimum atomic E-state index is -0.369. The molecule has 0 fully saturated rings. The number of carbonyl (C=O) groups is 1. The third-order valence-electron chi connectivity index (χ3n) is 4.40. The number of ether oxygens (including phenoxy) is 4. The zero-order valence-corrected chi connectivity index (χ0v) is 18.5. The van der Waals surface area contributed by atoms with Crippen molar-refractivity contribution in [3.8, 4) is 5.75 Å². The average molecular weight is 428 g/mol. The van der Waals surface area contributed by atoms with Crippen molar-refractivity contribution in [2.45, 2.75) is 33.1 Å². The molecule has 6 nitrogen and oxygen atoms in total. The SMILES string of the molecule is CCCCCOc1ccc(N=Cc2ccc(C(=O)OCCOCCOCC)cc2)cc1. The molecule has 0 bridgehead atoms. The Bertz CT molecular complexity index is 772. The first-order valence-electron chi connectivity index (χ1n) is 10.9. The number of nitrogens with zero attached hydrogens (tertiary/aromatic N) is 1. The maximum absolute atomic E-state index is 12.1. The molecule has 0 aromatic heterocycles. The van der Waals surface area contributed by atoms with Gasteiger partial charge in [0.1, 0.15) is 12.4 Å². The van der Waals surface area contributed by atoms with Crippen molar-refractivity contribution in [2.24, 2.45) is 4.99 Å². The molecule has 0 heterocycles. The smallest absolute Gasteiger partial charge is 0.338 e. The van der Waals surface area contributed by atoms with Gasteiger partial charge in [-0.15, -0.1) is 0 Å². The minimum Gasteiger partial charge on any atom is -0.494 e. The van der Waals surface area contributed by atoms with Crippen LogP contribution < -0.4 is 4.74 Å². The van der Waals surface area contributed by atoms with E-state index in [1.165, 1.54) is 12.8 Å². The second kappa shape index (κ2) is 15.2. The predicted molar refractivity (Wildman–Crippen MR) is 123 cm³/mol. The van der Waals surface area contributed by atoms with Crippen LogP contribution in [0.15, 0.2) is 53.5 Å². The van der Waals surface area contributed by atoms with Gasteiger partial charge < -0.3 is 18.9 Å². The Labute approximate surface area is 185 Å². The van der Waals surface area contributed by atoms with Gasteiger partial charge in [-0.2, -0.15) is 0 Å². The molecule has 2 aromatic carbocycles. The number of hydrogen-bond donors (Lipinski definition) is 0. The molecule has 0 radical (unpaired) electrons. The highest BCUT2D eigenvalue weighted by molar-refractivity contribution is 5.91. The van der Waals surface area contributed by atoms with Crippen molar-refractivity contribution in [1.29, 1.82) is 0 Å². The molecule has 0 aliphatic rings. The fourth-order valence-electron chi connectivity index (χ4n) is 2.67. The van der Waals surface area contributed by atoms with Crippen molar-refractivity contribution < 1.29 is 23.7 Å². The molecule has 0 aliphatic carbocycles. The Morgan fingerprint density at radius 1 is 0.839 bits per heavy atom. The number of carbonyl (C=O) groups excluding carboxylic acids is 1. The van der Waals surface area contributed by atoms with Gasteiger partial charge in [0.25, 0.3) is 0 Å². The fourth-order valence-corrected chi connectivity index (χ4v) is 2.67. The second-order valence-electron chi connectivity index (χ2n) is 6.87. The van der Waals surface area contributed by atoms with Crippen LogP contribution in [0.3, 0.4) is 0 Å². The molecule has 0 amide bonds. The standard InChI is InChI=1S/C25H33NO5/c1-3-5-6-15-30-24-13-11-23(12-14-24)26-20-21-7-9-22(10-8-21)25(27)31-19-18-29-17-16-28-4-2/h7-14,20H,3-6,15-19H2,1-2H3. The zero-order chi connectivity index (χ0) is 22.2. The van der Waals surface area contributed by atoms with Crippen LogP contribution in [0.2, 0.25) is 0 Å². The van der Waals surface area contributed by atoms with Crippen LogP contribution in [0.25, 0.3) is 0 Å². The maximum atomic E-state index is 12.1. The van der Waals surface area contributed by atoms with Gasteiger partial charge in [-0.05, 0) is 55.3 Å². The van der Waals surface area contributed by atoms with Gasteiger partial charge in [-0.3, -0.25) is 4.99 Å². The van der Waals surface area contributed by atoms with E-state index >= 15 is 0 Å². The van der Waals surface area contributed by atoms with Gasteiger partial charge in [0.15, 0.2) is 0 Å². The summed E-state index contributed by atoms with van der Waals surface area (Å²) in [6, 6.07) is 14.8. The molecule has 0 atom stereocenters. The number of rotatable bonds is 15. The number of aliphatic imine (C=N–C) groups is 1. The highest BCUT2D eigenvalue weighted by Gasteiger charge is 2.06. The highest BCUT2D eigenvalue weighted by Crippen LogP contribution is 2.18. The van der Waals surface area contributed by atoms with Crippen molar-refractivity contribution in [3.63, 3.8) is 0 Å². The summed E-state index contributed by atoms with van der Waals surface area (Å²) in [6.45, 7) is 7.12. The van der Waals surface area contributed by atoms with Crippen LogP contribution in [0, 0.1) is 0 Å². The first kappa shape index (κ1) is 24.6. The number of esters is 1. The minimum absolute atomic E-state index is 0.215. The second-order valence-corrected chi connectivity index (χ2v) is 6.87. The summed E-state index contributed by atoms with van der Waals surface area (Å²) in [5.41, 5.74) is 2.24. The quantitative estimate of drug-likeness (QED) is 0.222. The van der Waals surface area contributed by atoms with E-state index < -0.39 is 0 Å². The number of unbranched alkanes of at least 4 members (excludes halogenated alkanes) is 2. The number of hydrogen-bond acceptors (Lipinski definition) is 6. The Kier molecular flexibility index (Phi) is 12.0. The molecule has 2 aromatic rings. The average Bonchev–Trinajstić information content (AvgIpc) is 2.81. The van der Waals surface area contributed by atoms with Gasteiger partial charge in [-0.1, -0.05) is 31.9 Å². The molecule has 0 saturated heterocycles. The van der Waals surface area contributed by atoms with Crippen molar-refractivity contribution in [2.75, 3.05) is 39.6 Å². The molecule has 31 heavy (non-hydrogen) atoms. The lowest BCUT2D eigenvalue weighted by atomic mass is 10.1. The molecule has 0 unspecified atom stereocenters. The molecule has 0 saturated carbocycles. The van der Waals surface area contributed by atoms with Gasteiger partial charge in [-0.25, -0.2) is 4.79 Å². The zero-order valence-electron chi connectivity index (χ0n) is 18.5. The van der Waals surface area contributed by atoms with Crippen molar-refractivity contribution in [1.82, 2.24) is 0 Å². The molecular weight excluding hydrogens is 394 g/mol. The van der Waals surface area contributed by atoms with E-state index in [1.54, 1.807) is 18.3 Å². The van der Waals surface area contributed by atoms with E-state index in [2.05, 4.69) is 11.9 Å². The third kappa shape index (κ3) is 10.2. The Hall–Kier alpha value is -2.70. The summed E-state index contributed by atoms with van der Waals surface area (Å²) in [6.07, 6.45) is 5.20. The largest absolute Gasteiger partial charge is 0.494 e. The third-order valence-corrected chi connectivity index (χ3v) is 4.40. The first-order chi connectivity index (χ1) is 15.2. The molecule has 0 spiro atoms. The summed E-state index contributed by atoms with van der Waals surface area (Å²) in [5.74, 6) is 0.490. The monoisotopic (exact) mass is 427 g/mol. The fraction of sp³-hybridized carbons (Fsp3) is 0.440.